The number of hydrogen-bond acceptors (Lipinski definition) is 4. The lowest BCUT2D eigenvalue weighted by Crippen LogP contribution is -2.37. The summed E-state index contributed by atoms with van der Waals surface area (Å²) in [7, 11) is 4.10. The van der Waals surface area contributed by atoms with Crippen molar-refractivity contribution in [2.24, 2.45) is 0 Å². The minimum absolute atomic E-state index is 0.330. The van der Waals surface area contributed by atoms with Crippen molar-refractivity contribution in [2.75, 3.05) is 40.3 Å². The van der Waals surface area contributed by atoms with Crippen LogP contribution in [0.3, 0.4) is 0 Å². The first-order chi connectivity index (χ1) is 6.91. The second-order valence-corrected chi connectivity index (χ2v) is 4.61. The van der Waals surface area contributed by atoms with Gasteiger partial charge in [-0.25, -0.2) is 0 Å². The van der Waals surface area contributed by atoms with Gasteiger partial charge in [0.1, 0.15) is 0 Å². The van der Waals surface area contributed by atoms with Crippen LogP contribution in [0.5, 0.6) is 0 Å². The fourth-order valence-electron chi connectivity index (χ4n) is 1.61. The molecule has 4 heteroatoms. The van der Waals surface area contributed by atoms with Crippen molar-refractivity contribution >= 4 is 0 Å². The summed E-state index contributed by atoms with van der Waals surface area (Å²) < 4.78 is 0. The zero-order valence-corrected chi connectivity index (χ0v) is 10.5. The first kappa shape index (κ1) is 14.8. The molecule has 0 bridgehead atoms. The van der Waals surface area contributed by atoms with Crippen molar-refractivity contribution in [2.45, 2.75) is 32.5 Å². The monoisotopic (exact) mass is 218 g/mol. The quantitative estimate of drug-likeness (QED) is 0.602. The summed E-state index contributed by atoms with van der Waals surface area (Å²) >= 11 is 0. The van der Waals surface area contributed by atoms with E-state index in [0.717, 1.165) is 19.5 Å². The molecule has 0 aromatic carbocycles. The predicted molar refractivity (Wildman–Crippen MR) is 63.0 cm³/mol. The molecule has 0 amide bonds. The van der Waals surface area contributed by atoms with Gasteiger partial charge < -0.3 is 15.1 Å². The highest BCUT2D eigenvalue weighted by molar-refractivity contribution is 4.65. The third-order valence-electron chi connectivity index (χ3n) is 2.12. The molecule has 92 valence electrons. The third kappa shape index (κ3) is 10.1. The summed E-state index contributed by atoms with van der Waals surface area (Å²) in [4.78, 5) is 4.25. The molecule has 15 heavy (non-hydrogen) atoms. The lowest BCUT2D eigenvalue weighted by atomic mass is 10.2. The van der Waals surface area contributed by atoms with Gasteiger partial charge in [-0.2, -0.15) is 0 Å². The molecule has 0 aliphatic rings. The smallest absolute Gasteiger partial charge is 0.0639 e. The molecule has 0 aromatic rings. The van der Waals surface area contributed by atoms with Gasteiger partial charge in [0.15, 0.2) is 0 Å². The number of hydrogen-bond donors (Lipinski definition) is 2. The normalized spacial score (nSPS) is 16.0. The second kappa shape index (κ2) is 8.05. The van der Waals surface area contributed by atoms with E-state index in [1.165, 1.54) is 0 Å². The lowest BCUT2D eigenvalue weighted by molar-refractivity contribution is 0.0817. The topological polar surface area (TPSA) is 46.9 Å². The van der Waals surface area contributed by atoms with Crippen LogP contribution in [0.15, 0.2) is 0 Å². The maximum atomic E-state index is 9.31. The van der Waals surface area contributed by atoms with Gasteiger partial charge in [-0.1, -0.05) is 0 Å². The van der Waals surface area contributed by atoms with Gasteiger partial charge in [-0.15, -0.1) is 0 Å². The Bertz CT molecular complexity index is 140. The van der Waals surface area contributed by atoms with Crippen LogP contribution in [0.4, 0.5) is 0 Å². The molecule has 0 aliphatic heterocycles. The first-order valence-corrected chi connectivity index (χ1v) is 5.65. The molecule has 0 fully saturated rings. The highest BCUT2D eigenvalue weighted by Crippen LogP contribution is 1.98. The van der Waals surface area contributed by atoms with Crippen molar-refractivity contribution in [3.8, 4) is 0 Å². The Labute approximate surface area is 93.5 Å². The van der Waals surface area contributed by atoms with Gasteiger partial charge in [0, 0.05) is 13.1 Å². The minimum atomic E-state index is -0.330. The molecule has 0 rings (SSSR count). The average molecular weight is 218 g/mol. The van der Waals surface area contributed by atoms with Gasteiger partial charge in [-0.3, -0.25) is 4.90 Å². The first-order valence-electron chi connectivity index (χ1n) is 5.65. The molecule has 2 N–H and O–H groups in total. The van der Waals surface area contributed by atoms with E-state index in [4.69, 9.17) is 0 Å². The van der Waals surface area contributed by atoms with E-state index in [0.29, 0.717) is 13.1 Å². The third-order valence-corrected chi connectivity index (χ3v) is 2.12. The predicted octanol–water partition coefficient (Wildman–Crippen LogP) is 0.00170. The van der Waals surface area contributed by atoms with Crippen molar-refractivity contribution in [3.63, 3.8) is 0 Å². The van der Waals surface area contributed by atoms with E-state index in [-0.39, 0.29) is 12.2 Å². The van der Waals surface area contributed by atoms with Crippen LogP contribution >= 0.6 is 0 Å². The highest BCUT2D eigenvalue weighted by atomic mass is 16.3. The van der Waals surface area contributed by atoms with E-state index in [1.54, 1.807) is 13.8 Å². The van der Waals surface area contributed by atoms with Crippen LogP contribution in [0.25, 0.3) is 0 Å². The largest absolute Gasteiger partial charge is 0.392 e. The Hall–Kier alpha value is -0.160. The summed E-state index contributed by atoms with van der Waals surface area (Å²) in [5, 5.41) is 18.6. The average Bonchev–Trinajstić information content (AvgIpc) is 2.00. The summed E-state index contributed by atoms with van der Waals surface area (Å²) in [6, 6.07) is 0. The van der Waals surface area contributed by atoms with E-state index in [2.05, 4.69) is 9.80 Å². The number of aliphatic hydroxyl groups excluding tert-OH is 2. The zero-order chi connectivity index (χ0) is 11.8. The maximum absolute atomic E-state index is 9.31. The van der Waals surface area contributed by atoms with Crippen molar-refractivity contribution < 1.29 is 10.2 Å². The Morgan fingerprint density at radius 3 is 1.73 bits per heavy atom. The highest BCUT2D eigenvalue weighted by Gasteiger charge is 2.10. The molecule has 0 aliphatic carbocycles. The van der Waals surface area contributed by atoms with Crippen LogP contribution in [-0.2, 0) is 0 Å². The fraction of sp³-hybridized carbons (Fsp3) is 1.00. The fourth-order valence-corrected chi connectivity index (χ4v) is 1.61. The molecule has 0 unspecified atom stereocenters. The van der Waals surface area contributed by atoms with Crippen molar-refractivity contribution in [1.82, 2.24) is 9.80 Å². The Balaban J connectivity index is 3.79. The zero-order valence-electron chi connectivity index (χ0n) is 10.5. The van der Waals surface area contributed by atoms with Crippen LogP contribution in [0, 0.1) is 0 Å². The van der Waals surface area contributed by atoms with Crippen molar-refractivity contribution in [3.05, 3.63) is 0 Å². The van der Waals surface area contributed by atoms with Crippen molar-refractivity contribution in [1.29, 1.82) is 0 Å². The van der Waals surface area contributed by atoms with E-state index in [1.807, 2.05) is 14.1 Å². The van der Waals surface area contributed by atoms with Gasteiger partial charge >= 0.3 is 0 Å². The molecule has 0 radical (unpaired) electrons. The van der Waals surface area contributed by atoms with E-state index in [9.17, 15) is 10.2 Å². The summed E-state index contributed by atoms with van der Waals surface area (Å²) in [6.07, 6.45) is 0.401. The van der Waals surface area contributed by atoms with Crippen LogP contribution in [0.1, 0.15) is 20.3 Å². The molecule has 0 saturated heterocycles. The SMILES string of the molecule is C[C@H](O)CN(CCCN(C)C)C[C@@H](C)O. The molecular formula is C11H26N2O2. The lowest BCUT2D eigenvalue weighted by Gasteiger charge is -2.25. The van der Waals surface area contributed by atoms with E-state index >= 15 is 0 Å². The molecule has 0 spiro atoms. The van der Waals surface area contributed by atoms with Gasteiger partial charge in [-0.05, 0) is 47.5 Å². The van der Waals surface area contributed by atoms with Crippen LogP contribution in [0.2, 0.25) is 0 Å². The maximum Gasteiger partial charge on any atom is 0.0639 e. The molecule has 0 aromatic heterocycles. The molecule has 2 atom stereocenters. The summed E-state index contributed by atoms with van der Waals surface area (Å²) in [5.74, 6) is 0. The molecule has 0 heterocycles. The van der Waals surface area contributed by atoms with Gasteiger partial charge in [0.2, 0.25) is 0 Å². The minimum Gasteiger partial charge on any atom is -0.392 e. The standard InChI is InChI=1S/C11H26N2O2/c1-10(14)8-13(9-11(2)15)7-5-6-12(3)4/h10-11,14-15H,5-9H2,1-4H3/t10-,11+. The van der Waals surface area contributed by atoms with Gasteiger partial charge in [0.05, 0.1) is 12.2 Å². The Morgan fingerprint density at radius 2 is 1.40 bits per heavy atom. The Kier molecular flexibility index (Phi) is 7.96. The summed E-state index contributed by atoms with van der Waals surface area (Å²) in [5.41, 5.74) is 0. The number of nitrogens with zero attached hydrogens (tertiary/aromatic N) is 2. The number of rotatable bonds is 8. The van der Waals surface area contributed by atoms with Crippen LogP contribution in [-0.4, -0.2) is 72.5 Å². The summed E-state index contributed by atoms with van der Waals surface area (Å²) in [6.45, 7) is 6.79. The second-order valence-electron chi connectivity index (χ2n) is 4.61. The Morgan fingerprint density at radius 1 is 0.933 bits per heavy atom. The van der Waals surface area contributed by atoms with Crippen LogP contribution < -0.4 is 0 Å². The van der Waals surface area contributed by atoms with E-state index < -0.39 is 0 Å². The number of aliphatic hydroxyl groups is 2. The molecular weight excluding hydrogens is 192 g/mol. The molecule has 0 saturated carbocycles. The van der Waals surface area contributed by atoms with Gasteiger partial charge in [0.25, 0.3) is 0 Å². The molecule has 4 nitrogen and oxygen atoms in total.